The second-order valence-electron chi connectivity index (χ2n) is 13.9. The Bertz CT molecular complexity index is 1360. The third-order valence-corrected chi connectivity index (χ3v) is 9.69. The number of hydrogen-bond donors (Lipinski definition) is 4. The number of phosphoric ester groups is 2. The van der Waals surface area contributed by atoms with Gasteiger partial charge in [-0.15, -0.1) is 0 Å². The van der Waals surface area contributed by atoms with E-state index in [0.29, 0.717) is 19.3 Å². The molecule has 13 nitrogen and oxygen atoms in total. The third-order valence-electron chi connectivity index (χ3n) is 8.26. The van der Waals surface area contributed by atoms with Crippen LogP contribution >= 0.6 is 15.6 Å². The maximum absolute atomic E-state index is 12.6. The van der Waals surface area contributed by atoms with Crippen LogP contribution in [-0.4, -0.2) is 70.4 Å². The van der Waals surface area contributed by atoms with Crippen molar-refractivity contribution in [1.82, 2.24) is 0 Å². The van der Waals surface area contributed by atoms with Gasteiger partial charge in [0.2, 0.25) is 0 Å². The topological polar surface area (TPSA) is 195 Å². The molecule has 0 aliphatic carbocycles. The maximum atomic E-state index is 12.6. The minimum absolute atomic E-state index is 0.0469. The molecular formula is C44H74O13P2. The van der Waals surface area contributed by atoms with Gasteiger partial charge in [-0.1, -0.05) is 131 Å². The molecule has 15 heteroatoms. The number of carbonyl (C=O) groups excluding carboxylic acids is 2. The molecule has 0 heterocycles. The predicted molar refractivity (Wildman–Crippen MR) is 234 cm³/mol. The molecule has 0 spiro atoms. The second kappa shape index (κ2) is 39.4. The molecule has 338 valence electrons. The quantitative estimate of drug-likeness (QED) is 0.0197. The molecule has 0 aliphatic rings. The highest BCUT2D eigenvalue weighted by Crippen LogP contribution is 2.43. The first-order valence-electron chi connectivity index (χ1n) is 21.3. The Hall–Kier alpha value is -2.70. The Balaban J connectivity index is 4.67. The van der Waals surface area contributed by atoms with Crippen LogP contribution in [0.25, 0.3) is 0 Å². The van der Waals surface area contributed by atoms with Gasteiger partial charge in [0.25, 0.3) is 0 Å². The highest BCUT2D eigenvalue weighted by molar-refractivity contribution is 7.47. The van der Waals surface area contributed by atoms with Crippen molar-refractivity contribution in [3.8, 4) is 0 Å². The SMILES string of the molecule is CC/C=C\C/C=C\C/C=C\CCCCCCCC(=O)OC[C@H](COP(=O)(O)OC[C@@H](O)COP(=O)(O)O)OC(=O)CCC/C=C\C/C=C\C/C=C\C/C=C\CCCCC. The Kier molecular flexibility index (Phi) is 37.6. The molecule has 0 amide bonds. The van der Waals surface area contributed by atoms with Gasteiger partial charge in [0.15, 0.2) is 6.10 Å². The zero-order chi connectivity index (χ0) is 43.7. The third kappa shape index (κ3) is 43.2. The summed E-state index contributed by atoms with van der Waals surface area (Å²) >= 11 is 0. The minimum Gasteiger partial charge on any atom is -0.462 e. The van der Waals surface area contributed by atoms with Gasteiger partial charge in [0.05, 0.1) is 19.8 Å². The molecule has 0 aromatic carbocycles. The standard InChI is InChI=1S/C44H74O13P2/c1-3-5-7-9-11-13-15-17-19-20-22-24-26-28-30-32-34-36-44(47)57-42(40-56-59(51,52)55-38-41(45)37-54-58(48,49)50)39-53-43(46)35-33-31-29-27-25-23-21-18-16-14-12-10-8-6-4-2/h6,8,11-14,17-19,21-22,24,28,30,41-42,45H,3-5,7,9-10,15-16,20,23,25-27,29,31-40H2,1-2H3,(H,51,52)(H2,48,49,50)/b8-6-,13-11-,14-12-,19-17-,21-18-,24-22-,30-28-/t41-,42+/m0/s1. The molecule has 0 aromatic rings. The highest BCUT2D eigenvalue weighted by Gasteiger charge is 2.28. The van der Waals surface area contributed by atoms with E-state index in [1.54, 1.807) is 0 Å². The Labute approximate surface area is 354 Å². The molecule has 4 N–H and O–H groups in total. The number of ether oxygens (including phenoxy) is 2. The van der Waals surface area contributed by atoms with Crippen molar-refractivity contribution in [3.63, 3.8) is 0 Å². The number of hydrogen-bond acceptors (Lipinski definition) is 10. The van der Waals surface area contributed by atoms with Crippen LogP contribution in [0.3, 0.4) is 0 Å². The zero-order valence-electron chi connectivity index (χ0n) is 35.6. The number of phosphoric acid groups is 2. The van der Waals surface area contributed by atoms with E-state index in [2.05, 4.69) is 95.8 Å². The van der Waals surface area contributed by atoms with Crippen LogP contribution in [0, 0.1) is 0 Å². The van der Waals surface area contributed by atoms with Crippen LogP contribution in [-0.2, 0) is 41.8 Å². The molecule has 0 aliphatic heterocycles. The smallest absolute Gasteiger partial charge is 0.462 e. The summed E-state index contributed by atoms with van der Waals surface area (Å²) in [6.07, 6.45) is 44.4. The van der Waals surface area contributed by atoms with Crippen molar-refractivity contribution >= 4 is 27.6 Å². The lowest BCUT2D eigenvalue weighted by atomic mass is 10.1. The van der Waals surface area contributed by atoms with Crippen molar-refractivity contribution in [3.05, 3.63) is 85.1 Å². The van der Waals surface area contributed by atoms with Gasteiger partial charge in [0, 0.05) is 12.8 Å². The average molecular weight is 873 g/mol. The predicted octanol–water partition coefficient (Wildman–Crippen LogP) is 10.8. The first-order valence-corrected chi connectivity index (χ1v) is 24.3. The van der Waals surface area contributed by atoms with Gasteiger partial charge in [-0.2, -0.15) is 0 Å². The van der Waals surface area contributed by atoms with Gasteiger partial charge in [-0.3, -0.25) is 23.2 Å². The second-order valence-corrected chi connectivity index (χ2v) is 16.6. The van der Waals surface area contributed by atoms with E-state index in [4.69, 9.17) is 23.8 Å². The van der Waals surface area contributed by atoms with E-state index in [-0.39, 0.29) is 12.8 Å². The molecule has 0 bridgehead atoms. The molecule has 0 radical (unpaired) electrons. The number of aliphatic hydroxyl groups excluding tert-OH is 1. The van der Waals surface area contributed by atoms with Crippen LogP contribution in [0.1, 0.15) is 142 Å². The largest absolute Gasteiger partial charge is 0.472 e. The minimum atomic E-state index is -4.87. The van der Waals surface area contributed by atoms with Crippen LogP contribution in [0.5, 0.6) is 0 Å². The van der Waals surface area contributed by atoms with Gasteiger partial charge in [0.1, 0.15) is 12.7 Å². The van der Waals surface area contributed by atoms with Crippen LogP contribution < -0.4 is 0 Å². The van der Waals surface area contributed by atoms with Crippen molar-refractivity contribution in [2.75, 3.05) is 26.4 Å². The number of unbranched alkanes of at least 4 members (excludes halogenated alkanes) is 9. The van der Waals surface area contributed by atoms with Gasteiger partial charge in [-0.05, 0) is 83.5 Å². The first-order chi connectivity index (χ1) is 28.4. The zero-order valence-corrected chi connectivity index (χ0v) is 37.4. The summed E-state index contributed by atoms with van der Waals surface area (Å²) in [6.45, 7) is 1.52. The molecule has 0 fully saturated rings. The van der Waals surface area contributed by atoms with Crippen LogP contribution in [0.15, 0.2) is 85.1 Å². The molecule has 0 rings (SSSR count). The lowest BCUT2D eigenvalue weighted by molar-refractivity contribution is -0.161. The summed E-state index contributed by atoms with van der Waals surface area (Å²) in [5.74, 6) is -1.13. The number of allylic oxidation sites excluding steroid dienone is 14. The fourth-order valence-corrected chi connectivity index (χ4v) is 6.21. The molecule has 3 atom stereocenters. The summed E-state index contributed by atoms with van der Waals surface area (Å²) in [5, 5.41) is 9.74. The van der Waals surface area contributed by atoms with Gasteiger partial charge < -0.3 is 29.3 Å². The fraction of sp³-hybridized carbons (Fsp3) is 0.636. The first kappa shape index (κ1) is 56.3. The van der Waals surface area contributed by atoms with E-state index in [1.165, 1.54) is 19.3 Å². The summed E-state index contributed by atoms with van der Waals surface area (Å²) in [5.41, 5.74) is 0. The summed E-state index contributed by atoms with van der Waals surface area (Å²) < 4.78 is 47.7. The normalized spacial score (nSPS) is 14.9. The Morgan fingerprint density at radius 1 is 0.508 bits per heavy atom. The van der Waals surface area contributed by atoms with Crippen molar-refractivity contribution in [2.24, 2.45) is 0 Å². The van der Waals surface area contributed by atoms with Gasteiger partial charge in [-0.25, -0.2) is 9.13 Å². The molecular weight excluding hydrogens is 798 g/mol. The Morgan fingerprint density at radius 3 is 1.49 bits per heavy atom. The van der Waals surface area contributed by atoms with E-state index >= 15 is 0 Å². The molecule has 59 heavy (non-hydrogen) atoms. The van der Waals surface area contributed by atoms with Crippen LogP contribution in [0.2, 0.25) is 0 Å². The lowest BCUT2D eigenvalue weighted by Gasteiger charge is -2.20. The van der Waals surface area contributed by atoms with Crippen molar-refractivity contribution in [1.29, 1.82) is 0 Å². The summed E-state index contributed by atoms with van der Waals surface area (Å²) in [6, 6.07) is 0. The van der Waals surface area contributed by atoms with Crippen molar-refractivity contribution < 1.29 is 61.6 Å². The fourth-order valence-electron chi connectivity index (χ4n) is 5.06. The molecule has 0 saturated heterocycles. The van der Waals surface area contributed by atoms with Crippen molar-refractivity contribution in [2.45, 2.75) is 154 Å². The van der Waals surface area contributed by atoms with Gasteiger partial charge >= 0.3 is 27.6 Å². The number of rotatable bonds is 39. The van der Waals surface area contributed by atoms with E-state index < -0.39 is 66.2 Å². The Morgan fingerprint density at radius 2 is 0.949 bits per heavy atom. The maximum Gasteiger partial charge on any atom is 0.472 e. The summed E-state index contributed by atoms with van der Waals surface area (Å²) in [4.78, 5) is 52.6. The molecule has 0 saturated carbocycles. The lowest BCUT2D eigenvalue weighted by Crippen LogP contribution is -2.29. The molecule has 0 aromatic heterocycles. The van der Waals surface area contributed by atoms with E-state index in [0.717, 1.165) is 77.0 Å². The number of esters is 2. The number of carbonyl (C=O) groups is 2. The number of aliphatic hydroxyl groups is 1. The highest BCUT2D eigenvalue weighted by atomic mass is 31.2. The van der Waals surface area contributed by atoms with E-state index in [1.807, 2.05) is 12.2 Å². The molecule has 1 unspecified atom stereocenters. The average Bonchev–Trinajstić information content (AvgIpc) is 3.19. The summed E-state index contributed by atoms with van der Waals surface area (Å²) in [7, 11) is -9.70. The van der Waals surface area contributed by atoms with E-state index in [9.17, 15) is 28.7 Å². The van der Waals surface area contributed by atoms with Crippen LogP contribution in [0.4, 0.5) is 0 Å². The monoisotopic (exact) mass is 872 g/mol.